The van der Waals surface area contributed by atoms with E-state index in [1.807, 2.05) is 0 Å². The second-order valence-corrected chi connectivity index (χ2v) is 6.27. The fourth-order valence-electron chi connectivity index (χ4n) is 2.40. The molecular weight excluding hydrogens is 422 g/mol. The normalized spacial score (nSPS) is 14.8. The largest absolute Gasteiger partial charge is 0.377 e. The Bertz CT molecular complexity index is 971. The van der Waals surface area contributed by atoms with E-state index in [0.717, 1.165) is 18.3 Å². The Morgan fingerprint density at radius 1 is 1.23 bits per heavy atom. The first-order valence-corrected chi connectivity index (χ1v) is 7.85. The molecule has 0 aliphatic carbocycles. The lowest BCUT2D eigenvalue weighted by Crippen LogP contribution is -2.48. The van der Waals surface area contributed by atoms with Crippen LogP contribution in [0.1, 0.15) is 12.6 Å². The Morgan fingerprint density at radius 2 is 2.00 bits per heavy atom. The average molecular weight is 433 g/mol. The third kappa shape index (κ3) is 3.19. The molecule has 0 aliphatic rings. The van der Waals surface area contributed by atoms with Crippen LogP contribution in [0.4, 0.5) is 17.6 Å². The summed E-state index contributed by atoms with van der Waals surface area (Å²) in [5, 5.41) is 20.7. The molecule has 11 heteroatoms. The van der Waals surface area contributed by atoms with Crippen molar-refractivity contribution in [3.05, 3.63) is 70.2 Å². The Kier molecular flexibility index (Phi) is 4.41. The van der Waals surface area contributed by atoms with E-state index in [9.17, 15) is 13.9 Å². The summed E-state index contributed by atoms with van der Waals surface area (Å²) in [6.07, 6.45) is 0.452. The minimum atomic E-state index is -4.15. The van der Waals surface area contributed by atoms with Gasteiger partial charge >= 0.3 is 5.92 Å². The van der Waals surface area contributed by atoms with Crippen molar-refractivity contribution in [3.8, 4) is 0 Å². The molecule has 1 aromatic carbocycles. The van der Waals surface area contributed by atoms with Gasteiger partial charge in [-0.1, -0.05) is 0 Å². The first-order valence-electron chi connectivity index (χ1n) is 7.55. The van der Waals surface area contributed by atoms with Gasteiger partial charge < -0.3 is 5.11 Å². The standard InChI is InChI=1S/C15H10BrF4N5O/c16-9-1-4-13(21-6-9)15(19,20)14(26,7-25-8-22-23-24-25)11-3-2-10(17)5-12(11)18/h1-6,8,26H,7H2/i8D. The molecule has 0 fully saturated rings. The quantitative estimate of drug-likeness (QED) is 0.627. The maximum atomic E-state index is 15.3. The molecule has 0 aliphatic heterocycles. The number of benzene rings is 1. The van der Waals surface area contributed by atoms with E-state index >= 15 is 8.78 Å². The van der Waals surface area contributed by atoms with Crippen molar-refractivity contribution in [2.24, 2.45) is 0 Å². The number of hydrogen-bond donors (Lipinski definition) is 1. The smallest absolute Gasteiger partial charge is 0.323 e. The van der Waals surface area contributed by atoms with Crippen molar-refractivity contribution >= 4 is 15.9 Å². The molecule has 2 aromatic heterocycles. The third-order valence-corrected chi connectivity index (χ3v) is 4.15. The first kappa shape index (κ1) is 17.0. The molecule has 0 radical (unpaired) electrons. The van der Waals surface area contributed by atoms with Crippen molar-refractivity contribution in [1.82, 2.24) is 25.2 Å². The van der Waals surface area contributed by atoms with Gasteiger partial charge in [-0.15, -0.1) is 5.10 Å². The number of hydrogen-bond acceptors (Lipinski definition) is 5. The topological polar surface area (TPSA) is 76.7 Å². The summed E-state index contributed by atoms with van der Waals surface area (Å²) < 4.78 is 66.6. The van der Waals surface area contributed by atoms with Crippen LogP contribution in [0.2, 0.25) is 0 Å². The van der Waals surface area contributed by atoms with Gasteiger partial charge in [-0.2, -0.15) is 8.78 Å². The number of aromatic nitrogens is 5. The molecule has 0 saturated heterocycles. The van der Waals surface area contributed by atoms with E-state index in [-0.39, 0.29) is 0 Å². The summed E-state index contributed by atoms with van der Waals surface area (Å²) in [5.74, 6) is -6.55. The van der Waals surface area contributed by atoms with Crippen LogP contribution in [0, 0.1) is 11.6 Å². The molecule has 3 aromatic rings. The molecular formula is C15H10BrF4N5O. The molecule has 3 rings (SSSR count). The van der Waals surface area contributed by atoms with Gasteiger partial charge in [0.1, 0.15) is 25.0 Å². The van der Waals surface area contributed by atoms with Gasteiger partial charge in [0.25, 0.3) is 0 Å². The summed E-state index contributed by atoms with van der Waals surface area (Å²) in [6, 6.07) is 4.01. The van der Waals surface area contributed by atoms with Crippen LogP contribution >= 0.6 is 15.9 Å². The van der Waals surface area contributed by atoms with Crippen LogP contribution in [-0.2, 0) is 18.1 Å². The fourth-order valence-corrected chi connectivity index (χ4v) is 2.63. The lowest BCUT2D eigenvalue weighted by molar-refractivity contribution is -0.207. The monoisotopic (exact) mass is 432 g/mol. The number of aliphatic hydroxyl groups is 1. The highest BCUT2D eigenvalue weighted by atomic mass is 79.9. The van der Waals surface area contributed by atoms with Crippen molar-refractivity contribution in [2.45, 2.75) is 18.1 Å². The molecule has 0 saturated carbocycles. The lowest BCUT2D eigenvalue weighted by atomic mass is 9.84. The molecule has 1 atom stereocenters. The van der Waals surface area contributed by atoms with E-state index < -0.39 is 47.3 Å². The zero-order valence-electron chi connectivity index (χ0n) is 13.7. The van der Waals surface area contributed by atoms with Crippen molar-refractivity contribution in [2.75, 3.05) is 0 Å². The van der Waals surface area contributed by atoms with E-state index in [2.05, 4.69) is 36.4 Å². The summed E-state index contributed by atoms with van der Waals surface area (Å²) in [7, 11) is 0. The van der Waals surface area contributed by atoms with Crippen LogP contribution in [-0.4, -0.2) is 30.3 Å². The Morgan fingerprint density at radius 3 is 2.58 bits per heavy atom. The molecule has 1 N–H and O–H groups in total. The second kappa shape index (κ2) is 6.72. The van der Waals surface area contributed by atoms with Gasteiger partial charge in [-0.25, -0.2) is 13.5 Å². The molecule has 6 nitrogen and oxygen atoms in total. The molecule has 136 valence electrons. The maximum absolute atomic E-state index is 15.3. The van der Waals surface area contributed by atoms with Crippen molar-refractivity contribution < 1.29 is 24.0 Å². The van der Waals surface area contributed by atoms with E-state index in [1.54, 1.807) is 0 Å². The number of rotatable bonds is 5. The Hall–Kier alpha value is -2.40. The Labute approximate surface area is 154 Å². The van der Waals surface area contributed by atoms with E-state index in [0.29, 0.717) is 21.3 Å². The van der Waals surface area contributed by atoms with Crippen LogP contribution in [0.3, 0.4) is 0 Å². The molecule has 0 spiro atoms. The summed E-state index contributed by atoms with van der Waals surface area (Å²) in [6.45, 7) is -1.08. The minimum absolute atomic E-state index is 0.368. The van der Waals surface area contributed by atoms with Gasteiger partial charge in [0.2, 0.25) is 0 Å². The lowest BCUT2D eigenvalue weighted by Gasteiger charge is -2.35. The van der Waals surface area contributed by atoms with Crippen molar-refractivity contribution in [3.63, 3.8) is 0 Å². The van der Waals surface area contributed by atoms with Crippen LogP contribution in [0.15, 0.2) is 47.3 Å². The SMILES string of the molecule is [2H]c1nnnn1CC(O)(c1ccc(F)cc1F)C(F)(F)c1ccc(Br)cn1. The highest BCUT2D eigenvalue weighted by Gasteiger charge is 2.57. The van der Waals surface area contributed by atoms with Gasteiger partial charge in [-0.3, -0.25) is 4.98 Å². The number of nitrogens with zero attached hydrogens (tertiary/aromatic N) is 5. The Balaban J connectivity index is 2.19. The molecule has 0 bridgehead atoms. The second-order valence-electron chi connectivity index (χ2n) is 5.36. The zero-order chi connectivity index (χ0) is 19.8. The molecule has 2 heterocycles. The van der Waals surface area contributed by atoms with Gasteiger partial charge in [0.15, 0.2) is 5.60 Å². The predicted octanol–water partition coefficient (Wildman–Crippen LogP) is 2.79. The van der Waals surface area contributed by atoms with Crippen LogP contribution < -0.4 is 0 Å². The number of tetrazole rings is 1. The summed E-state index contributed by atoms with van der Waals surface area (Å²) in [5.41, 5.74) is -5.03. The summed E-state index contributed by atoms with van der Waals surface area (Å²) in [4.78, 5) is 3.58. The minimum Gasteiger partial charge on any atom is -0.377 e. The van der Waals surface area contributed by atoms with Gasteiger partial charge in [-0.05, 0) is 50.6 Å². The fraction of sp³-hybridized carbons (Fsp3) is 0.200. The van der Waals surface area contributed by atoms with E-state index in [1.165, 1.54) is 6.07 Å². The molecule has 0 amide bonds. The van der Waals surface area contributed by atoms with Crippen LogP contribution in [0.5, 0.6) is 0 Å². The third-order valence-electron chi connectivity index (χ3n) is 3.68. The molecule has 26 heavy (non-hydrogen) atoms. The first-order chi connectivity index (χ1) is 12.6. The van der Waals surface area contributed by atoms with Crippen molar-refractivity contribution in [1.29, 1.82) is 0 Å². The number of halogens is 5. The number of pyridine rings is 1. The highest BCUT2D eigenvalue weighted by Crippen LogP contribution is 2.46. The van der Waals surface area contributed by atoms with Gasteiger partial charge in [0.05, 0.1) is 6.54 Å². The van der Waals surface area contributed by atoms with Gasteiger partial charge in [0, 0.05) is 22.3 Å². The average Bonchev–Trinajstić information content (AvgIpc) is 2.99. The van der Waals surface area contributed by atoms with E-state index in [4.69, 9.17) is 1.37 Å². The molecule has 1 unspecified atom stereocenters. The zero-order valence-corrected chi connectivity index (χ0v) is 14.3. The van der Waals surface area contributed by atoms with Crippen LogP contribution in [0.25, 0.3) is 0 Å². The maximum Gasteiger partial charge on any atom is 0.323 e. The summed E-state index contributed by atoms with van der Waals surface area (Å²) >= 11 is 3.06. The highest BCUT2D eigenvalue weighted by molar-refractivity contribution is 9.10. The number of alkyl halides is 2. The predicted molar refractivity (Wildman–Crippen MR) is 83.9 cm³/mol.